The van der Waals surface area contributed by atoms with E-state index in [-0.39, 0.29) is 17.9 Å². The van der Waals surface area contributed by atoms with Crippen molar-refractivity contribution in [2.45, 2.75) is 32.4 Å². The number of carbonyl (C=O) groups excluding carboxylic acids is 1. The summed E-state index contributed by atoms with van der Waals surface area (Å²) in [5.74, 6) is -0.226. The smallest absolute Gasteiger partial charge is 0.318 e. The summed E-state index contributed by atoms with van der Waals surface area (Å²) in [5.41, 5.74) is 3.20. The monoisotopic (exact) mass is 437 g/mol. The lowest BCUT2D eigenvalue weighted by Gasteiger charge is -2.36. The molecule has 2 amide bonds. The van der Waals surface area contributed by atoms with Gasteiger partial charge in [0.05, 0.1) is 17.3 Å². The van der Waals surface area contributed by atoms with Crippen molar-refractivity contribution in [3.05, 3.63) is 65.0 Å². The lowest BCUT2D eigenvalue weighted by molar-refractivity contribution is 0.183. The average molecular weight is 438 g/mol. The van der Waals surface area contributed by atoms with E-state index in [2.05, 4.69) is 11.4 Å². The molecule has 0 radical (unpaired) electrons. The summed E-state index contributed by atoms with van der Waals surface area (Å²) in [7, 11) is 3.96. The Morgan fingerprint density at radius 2 is 1.97 bits per heavy atom. The summed E-state index contributed by atoms with van der Waals surface area (Å²) >= 11 is 0. The third-order valence-corrected chi connectivity index (χ3v) is 5.75. The van der Waals surface area contributed by atoms with Gasteiger partial charge in [-0.3, -0.25) is 0 Å². The number of benzene rings is 2. The van der Waals surface area contributed by atoms with Crippen LogP contribution in [0.25, 0.3) is 0 Å². The molecule has 1 unspecified atom stereocenters. The number of piperidine rings is 1. The second-order valence-electron chi connectivity index (χ2n) is 8.72. The first kappa shape index (κ1) is 23.6. The van der Waals surface area contributed by atoms with Gasteiger partial charge in [0.25, 0.3) is 0 Å². The maximum Gasteiger partial charge on any atom is 0.318 e. The van der Waals surface area contributed by atoms with Gasteiger partial charge in [0.2, 0.25) is 0 Å². The standard InChI is InChI=1S/C25H32FN5O/c1-19-6-11-23(26)24(15-19)30-12-4-5-22(18-30)28-25(32)31(14-13-29(2)3)17-21-9-7-20(16-27)8-10-21/h6-11,15,22H,4-5,12-14,17-18H2,1-3H3,(H,28,32). The number of urea groups is 1. The number of aryl methyl sites for hydroxylation is 1. The van der Waals surface area contributed by atoms with Crippen LogP contribution in [0, 0.1) is 24.1 Å². The minimum Gasteiger partial charge on any atom is -0.367 e. The Morgan fingerprint density at radius 1 is 1.22 bits per heavy atom. The summed E-state index contributed by atoms with van der Waals surface area (Å²) in [6, 6.07) is 14.4. The molecule has 7 heteroatoms. The zero-order valence-electron chi connectivity index (χ0n) is 19.1. The SMILES string of the molecule is Cc1ccc(F)c(N2CCCC(NC(=O)N(CCN(C)C)Cc3ccc(C#N)cc3)C2)c1. The minimum atomic E-state index is -0.226. The maximum atomic E-state index is 14.4. The van der Waals surface area contributed by atoms with Gasteiger partial charge in [-0.05, 0) is 69.3 Å². The Morgan fingerprint density at radius 3 is 2.66 bits per heavy atom. The van der Waals surface area contributed by atoms with Gasteiger partial charge in [-0.15, -0.1) is 0 Å². The lowest BCUT2D eigenvalue weighted by Crippen LogP contribution is -2.52. The number of hydrogen-bond donors (Lipinski definition) is 1. The van der Waals surface area contributed by atoms with Gasteiger partial charge in [0.15, 0.2) is 0 Å². The van der Waals surface area contributed by atoms with E-state index in [1.54, 1.807) is 23.1 Å². The Hall–Kier alpha value is -3.11. The zero-order valence-corrected chi connectivity index (χ0v) is 19.1. The number of halogens is 1. The van der Waals surface area contributed by atoms with Gasteiger partial charge >= 0.3 is 6.03 Å². The van der Waals surface area contributed by atoms with Crippen LogP contribution in [0.15, 0.2) is 42.5 Å². The number of carbonyl (C=O) groups is 1. The number of anilines is 1. The highest BCUT2D eigenvalue weighted by Crippen LogP contribution is 2.24. The van der Waals surface area contributed by atoms with E-state index < -0.39 is 0 Å². The number of likely N-dealkylation sites (N-methyl/N-ethyl adjacent to an activating group) is 1. The number of nitrogens with zero attached hydrogens (tertiary/aromatic N) is 4. The van der Waals surface area contributed by atoms with Crippen LogP contribution in [0.5, 0.6) is 0 Å². The lowest BCUT2D eigenvalue weighted by atomic mass is 10.0. The largest absolute Gasteiger partial charge is 0.367 e. The fourth-order valence-electron chi connectivity index (χ4n) is 3.92. The molecule has 3 rings (SSSR count). The van der Waals surface area contributed by atoms with Crippen molar-refractivity contribution in [1.29, 1.82) is 5.26 Å². The topological polar surface area (TPSA) is 62.6 Å². The molecule has 0 spiro atoms. The van der Waals surface area contributed by atoms with Gasteiger partial charge in [0, 0.05) is 38.8 Å². The van der Waals surface area contributed by atoms with E-state index >= 15 is 0 Å². The van der Waals surface area contributed by atoms with Crippen LogP contribution in [0.3, 0.4) is 0 Å². The van der Waals surface area contributed by atoms with Crippen molar-refractivity contribution in [2.75, 3.05) is 45.2 Å². The molecule has 2 aromatic rings. The van der Waals surface area contributed by atoms with Crippen LogP contribution in [0.4, 0.5) is 14.9 Å². The summed E-state index contributed by atoms with van der Waals surface area (Å²) < 4.78 is 14.4. The summed E-state index contributed by atoms with van der Waals surface area (Å²) in [5, 5.41) is 12.2. The van der Waals surface area contributed by atoms with Crippen LogP contribution >= 0.6 is 0 Å². The van der Waals surface area contributed by atoms with E-state index in [0.29, 0.717) is 30.9 Å². The van der Waals surface area contributed by atoms with Gasteiger partial charge < -0.3 is 20.0 Å². The van der Waals surface area contributed by atoms with E-state index in [1.165, 1.54) is 6.07 Å². The molecular formula is C25H32FN5O. The molecule has 0 aliphatic carbocycles. The highest BCUT2D eigenvalue weighted by molar-refractivity contribution is 5.74. The predicted octanol–water partition coefficient (Wildman–Crippen LogP) is 3.75. The average Bonchev–Trinajstić information content (AvgIpc) is 2.78. The van der Waals surface area contributed by atoms with Gasteiger partial charge in [-0.25, -0.2) is 9.18 Å². The second kappa shape index (κ2) is 11.0. The molecule has 1 saturated heterocycles. The molecule has 1 heterocycles. The highest BCUT2D eigenvalue weighted by atomic mass is 19.1. The van der Waals surface area contributed by atoms with E-state index in [1.807, 2.05) is 49.0 Å². The number of nitrogens with one attached hydrogen (secondary N) is 1. The van der Waals surface area contributed by atoms with Crippen LogP contribution in [-0.4, -0.2) is 62.1 Å². The molecule has 2 aromatic carbocycles. The molecule has 6 nitrogen and oxygen atoms in total. The maximum absolute atomic E-state index is 14.4. The summed E-state index contributed by atoms with van der Waals surface area (Å²) in [6.45, 7) is 5.12. The predicted molar refractivity (Wildman–Crippen MR) is 125 cm³/mol. The van der Waals surface area contributed by atoms with Crippen LogP contribution < -0.4 is 10.2 Å². The Kier molecular flexibility index (Phi) is 8.07. The fourth-order valence-corrected chi connectivity index (χ4v) is 3.92. The first-order valence-corrected chi connectivity index (χ1v) is 11.1. The number of rotatable bonds is 7. The Labute approximate surface area is 190 Å². The molecule has 0 saturated carbocycles. The summed E-state index contributed by atoms with van der Waals surface area (Å²) in [4.78, 5) is 19.0. The third-order valence-electron chi connectivity index (χ3n) is 5.75. The minimum absolute atomic E-state index is 0.0426. The van der Waals surface area contributed by atoms with Gasteiger partial charge in [-0.2, -0.15) is 5.26 Å². The van der Waals surface area contributed by atoms with Crippen molar-refractivity contribution in [3.8, 4) is 6.07 Å². The number of amides is 2. The molecular weight excluding hydrogens is 405 g/mol. The van der Waals surface area contributed by atoms with Crippen molar-refractivity contribution < 1.29 is 9.18 Å². The van der Waals surface area contributed by atoms with Crippen LogP contribution in [0.1, 0.15) is 29.5 Å². The molecule has 1 aliphatic heterocycles. The van der Waals surface area contributed by atoms with Crippen LogP contribution in [-0.2, 0) is 6.54 Å². The molecule has 1 N–H and O–H groups in total. The molecule has 170 valence electrons. The van der Waals surface area contributed by atoms with Crippen molar-refractivity contribution in [3.63, 3.8) is 0 Å². The normalized spacial score (nSPS) is 16.0. The first-order chi connectivity index (χ1) is 15.4. The second-order valence-corrected chi connectivity index (χ2v) is 8.72. The van der Waals surface area contributed by atoms with E-state index in [4.69, 9.17) is 5.26 Å². The number of nitriles is 1. The quantitative estimate of drug-likeness (QED) is 0.717. The van der Waals surface area contributed by atoms with Crippen LogP contribution in [0.2, 0.25) is 0 Å². The molecule has 0 bridgehead atoms. The van der Waals surface area contributed by atoms with Gasteiger partial charge in [0.1, 0.15) is 5.82 Å². The fraction of sp³-hybridized carbons (Fsp3) is 0.440. The Balaban J connectivity index is 1.67. The zero-order chi connectivity index (χ0) is 23.1. The third kappa shape index (κ3) is 6.44. The Bertz CT molecular complexity index is 954. The van der Waals surface area contributed by atoms with Crippen molar-refractivity contribution in [2.24, 2.45) is 0 Å². The van der Waals surface area contributed by atoms with E-state index in [9.17, 15) is 9.18 Å². The summed E-state index contributed by atoms with van der Waals surface area (Å²) in [6.07, 6.45) is 1.76. The van der Waals surface area contributed by atoms with Crippen molar-refractivity contribution >= 4 is 11.7 Å². The molecule has 1 fully saturated rings. The van der Waals surface area contributed by atoms with Gasteiger partial charge in [-0.1, -0.05) is 18.2 Å². The van der Waals surface area contributed by atoms with Crippen molar-refractivity contribution in [1.82, 2.24) is 15.1 Å². The van der Waals surface area contributed by atoms with E-state index in [0.717, 1.165) is 37.1 Å². The molecule has 0 aromatic heterocycles. The molecule has 1 aliphatic rings. The highest BCUT2D eigenvalue weighted by Gasteiger charge is 2.25. The molecule has 1 atom stereocenters. The molecule has 32 heavy (non-hydrogen) atoms. The first-order valence-electron chi connectivity index (χ1n) is 11.1. The number of hydrogen-bond acceptors (Lipinski definition) is 4.